The van der Waals surface area contributed by atoms with E-state index in [4.69, 9.17) is 0 Å². The third-order valence-corrected chi connectivity index (χ3v) is 6.05. The first-order valence-corrected chi connectivity index (χ1v) is 11.0. The van der Waals surface area contributed by atoms with Gasteiger partial charge < -0.3 is 15.1 Å². The normalized spacial score (nSPS) is 16.8. The molecule has 1 N–H and O–H groups in total. The molecule has 8 heteroatoms. The maximum Gasteiger partial charge on any atom is 0.416 e. The largest absolute Gasteiger partial charge is 0.416 e. The number of alkyl halides is 3. The molecule has 0 saturated carbocycles. The van der Waals surface area contributed by atoms with E-state index >= 15 is 0 Å². The summed E-state index contributed by atoms with van der Waals surface area (Å²) in [6, 6.07) is 9.36. The number of benzene rings is 2. The molecular weight excluding hydrogens is 419 g/mol. The van der Waals surface area contributed by atoms with Crippen molar-refractivity contribution in [3.63, 3.8) is 0 Å². The highest BCUT2D eigenvalue weighted by molar-refractivity contribution is 6.06. The number of hydrogen-bond donors (Lipinski definition) is 1. The Hall–Kier alpha value is -3.03. The van der Waals surface area contributed by atoms with E-state index in [-0.39, 0.29) is 11.5 Å². The quantitative estimate of drug-likeness (QED) is 0.705. The fourth-order valence-corrected chi connectivity index (χ4v) is 4.30. The van der Waals surface area contributed by atoms with Gasteiger partial charge in [-0.1, -0.05) is 0 Å². The van der Waals surface area contributed by atoms with Crippen LogP contribution in [0.15, 0.2) is 42.5 Å². The zero-order chi connectivity index (χ0) is 22.7. The second kappa shape index (κ2) is 9.22. The molecule has 2 aliphatic heterocycles. The molecule has 0 unspecified atom stereocenters. The van der Waals surface area contributed by atoms with Crippen LogP contribution >= 0.6 is 0 Å². The molecule has 4 rings (SSSR count). The van der Waals surface area contributed by atoms with Crippen molar-refractivity contribution in [3.05, 3.63) is 59.2 Å². The molecule has 2 fully saturated rings. The minimum absolute atomic E-state index is 0.0475. The summed E-state index contributed by atoms with van der Waals surface area (Å²) < 4.78 is 38.3. The van der Waals surface area contributed by atoms with E-state index in [1.807, 2.05) is 11.0 Å². The molecule has 5 nitrogen and oxygen atoms in total. The average molecular weight is 445 g/mol. The predicted molar refractivity (Wildman–Crippen MR) is 117 cm³/mol. The van der Waals surface area contributed by atoms with E-state index < -0.39 is 17.6 Å². The van der Waals surface area contributed by atoms with Gasteiger partial charge >= 0.3 is 6.18 Å². The lowest BCUT2D eigenvalue weighted by Crippen LogP contribution is -2.34. The van der Waals surface area contributed by atoms with Crippen molar-refractivity contribution in [2.75, 3.05) is 36.4 Å². The molecule has 2 amide bonds. The fraction of sp³-hybridized carbons (Fsp3) is 0.417. The van der Waals surface area contributed by atoms with Gasteiger partial charge in [0, 0.05) is 43.1 Å². The second-order valence-corrected chi connectivity index (χ2v) is 8.31. The minimum atomic E-state index is -4.45. The summed E-state index contributed by atoms with van der Waals surface area (Å²) in [5.74, 6) is -0.572. The predicted octanol–water partition coefficient (Wildman–Crippen LogP) is 5.18. The standard InChI is InChI=1S/C24H26F3N3O2/c25-24(26,27)18-8-6-17(7-9-18)22(31)28-19-10-11-21(29-12-2-1-3-13-29)20(16-19)23(32)30-14-4-5-15-30/h6-11,16H,1-5,12-15H2,(H,28,31). The molecular formula is C24H26F3N3O2. The van der Waals surface area contributed by atoms with Crippen LogP contribution in [0.5, 0.6) is 0 Å². The van der Waals surface area contributed by atoms with Gasteiger partial charge in [0.1, 0.15) is 0 Å². The van der Waals surface area contributed by atoms with Crippen molar-refractivity contribution >= 4 is 23.2 Å². The first-order valence-electron chi connectivity index (χ1n) is 11.0. The Kier molecular flexibility index (Phi) is 6.39. The van der Waals surface area contributed by atoms with E-state index in [9.17, 15) is 22.8 Å². The molecule has 0 aromatic heterocycles. The molecule has 0 aliphatic carbocycles. The summed E-state index contributed by atoms with van der Waals surface area (Å²) in [6.07, 6.45) is 0.828. The van der Waals surface area contributed by atoms with Gasteiger partial charge in [0.2, 0.25) is 0 Å². The summed E-state index contributed by atoms with van der Waals surface area (Å²) in [5.41, 5.74) is 1.18. The van der Waals surface area contributed by atoms with Crippen LogP contribution in [-0.4, -0.2) is 42.9 Å². The highest BCUT2D eigenvalue weighted by atomic mass is 19.4. The van der Waals surface area contributed by atoms with E-state index in [2.05, 4.69) is 10.2 Å². The molecule has 0 radical (unpaired) electrons. The molecule has 170 valence electrons. The minimum Gasteiger partial charge on any atom is -0.371 e. The van der Waals surface area contributed by atoms with Gasteiger partial charge in [0.25, 0.3) is 11.8 Å². The summed E-state index contributed by atoms with van der Waals surface area (Å²) in [6.45, 7) is 3.22. The number of nitrogens with one attached hydrogen (secondary N) is 1. The number of hydrogen-bond acceptors (Lipinski definition) is 3. The number of likely N-dealkylation sites (tertiary alicyclic amines) is 1. The zero-order valence-electron chi connectivity index (χ0n) is 17.8. The smallest absolute Gasteiger partial charge is 0.371 e. The Bertz CT molecular complexity index is 977. The van der Waals surface area contributed by atoms with E-state index in [1.54, 1.807) is 12.1 Å². The summed E-state index contributed by atoms with van der Waals surface area (Å²) >= 11 is 0. The van der Waals surface area contributed by atoms with Gasteiger partial charge in [-0.05, 0) is 74.6 Å². The maximum absolute atomic E-state index is 13.2. The third kappa shape index (κ3) is 4.89. The number of halogens is 3. The number of piperidine rings is 1. The molecule has 0 spiro atoms. The van der Waals surface area contributed by atoms with Crippen LogP contribution < -0.4 is 10.2 Å². The van der Waals surface area contributed by atoms with Gasteiger partial charge in [0.15, 0.2) is 0 Å². The summed E-state index contributed by atoms with van der Waals surface area (Å²) in [5, 5.41) is 2.72. The van der Waals surface area contributed by atoms with Gasteiger partial charge in [0.05, 0.1) is 11.1 Å². The van der Waals surface area contributed by atoms with Crippen LogP contribution in [0, 0.1) is 0 Å². The average Bonchev–Trinajstić information content (AvgIpc) is 3.34. The van der Waals surface area contributed by atoms with Crippen LogP contribution in [-0.2, 0) is 6.18 Å². The Morgan fingerprint density at radius 1 is 0.812 bits per heavy atom. The number of amides is 2. The SMILES string of the molecule is O=C(Nc1ccc(N2CCCCC2)c(C(=O)N2CCCC2)c1)c1ccc(C(F)(F)F)cc1. The van der Waals surface area contributed by atoms with E-state index in [0.717, 1.165) is 81.8 Å². The van der Waals surface area contributed by atoms with Crippen LogP contribution in [0.4, 0.5) is 24.5 Å². The van der Waals surface area contributed by atoms with E-state index in [0.29, 0.717) is 11.3 Å². The van der Waals surface area contributed by atoms with Gasteiger partial charge in [-0.3, -0.25) is 9.59 Å². The van der Waals surface area contributed by atoms with Gasteiger partial charge in [-0.25, -0.2) is 0 Å². The number of carbonyl (C=O) groups excluding carboxylic acids is 2. The molecule has 32 heavy (non-hydrogen) atoms. The van der Waals surface area contributed by atoms with Crippen molar-refractivity contribution < 1.29 is 22.8 Å². The van der Waals surface area contributed by atoms with Crippen LogP contribution in [0.1, 0.15) is 58.4 Å². The van der Waals surface area contributed by atoms with Crippen molar-refractivity contribution in [1.82, 2.24) is 4.90 Å². The van der Waals surface area contributed by atoms with Crippen LogP contribution in [0.3, 0.4) is 0 Å². The molecule has 2 heterocycles. The zero-order valence-corrected chi connectivity index (χ0v) is 17.8. The second-order valence-electron chi connectivity index (χ2n) is 8.31. The first-order chi connectivity index (χ1) is 15.3. The monoisotopic (exact) mass is 445 g/mol. The third-order valence-electron chi connectivity index (χ3n) is 6.05. The van der Waals surface area contributed by atoms with Crippen molar-refractivity contribution in [1.29, 1.82) is 0 Å². The first kappa shape index (κ1) is 22.2. The maximum atomic E-state index is 13.2. The molecule has 2 aromatic carbocycles. The van der Waals surface area contributed by atoms with Crippen LogP contribution in [0.25, 0.3) is 0 Å². The van der Waals surface area contributed by atoms with Crippen molar-refractivity contribution in [2.24, 2.45) is 0 Å². The van der Waals surface area contributed by atoms with E-state index in [1.165, 1.54) is 6.42 Å². The van der Waals surface area contributed by atoms with Crippen LogP contribution in [0.2, 0.25) is 0 Å². The van der Waals surface area contributed by atoms with Gasteiger partial charge in [-0.15, -0.1) is 0 Å². The number of nitrogens with zero attached hydrogens (tertiary/aromatic N) is 2. The number of anilines is 2. The number of rotatable bonds is 4. The highest BCUT2D eigenvalue weighted by Gasteiger charge is 2.30. The Morgan fingerprint density at radius 2 is 1.44 bits per heavy atom. The molecule has 2 saturated heterocycles. The Balaban J connectivity index is 1.57. The summed E-state index contributed by atoms with van der Waals surface area (Å²) in [7, 11) is 0. The summed E-state index contributed by atoms with van der Waals surface area (Å²) in [4.78, 5) is 29.9. The highest BCUT2D eigenvalue weighted by Crippen LogP contribution is 2.31. The van der Waals surface area contributed by atoms with Crippen molar-refractivity contribution in [3.8, 4) is 0 Å². The lowest BCUT2D eigenvalue weighted by Gasteiger charge is -2.31. The molecule has 2 aromatic rings. The molecule has 0 atom stereocenters. The Labute approximate surface area is 185 Å². The fourth-order valence-electron chi connectivity index (χ4n) is 4.30. The molecule has 2 aliphatic rings. The molecule has 0 bridgehead atoms. The number of carbonyl (C=O) groups is 2. The van der Waals surface area contributed by atoms with Crippen molar-refractivity contribution in [2.45, 2.75) is 38.3 Å². The topological polar surface area (TPSA) is 52.7 Å². The Morgan fingerprint density at radius 3 is 2.06 bits per heavy atom. The lowest BCUT2D eigenvalue weighted by atomic mass is 10.0. The van der Waals surface area contributed by atoms with Gasteiger partial charge in [-0.2, -0.15) is 13.2 Å². The lowest BCUT2D eigenvalue weighted by molar-refractivity contribution is -0.137.